The maximum atomic E-state index is 11.1. The van der Waals surface area contributed by atoms with Crippen molar-refractivity contribution >= 4 is 5.91 Å². The van der Waals surface area contributed by atoms with Gasteiger partial charge in [-0.1, -0.05) is 12.1 Å². The Morgan fingerprint density at radius 2 is 2.16 bits per heavy atom. The fourth-order valence-corrected chi connectivity index (χ4v) is 2.42. The normalized spacial score (nSPS) is 18.4. The summed E-state index contributed by atoms with van der Waals surface area (Å²) < 4.78 is 10.9. The highest BCUT2D eigenvalue weighted by atomic mass is 16.5. The summed E-state index contributed by atoms with van der Waals surface area (Å²) >= 11 is 0. The summed E-state index contributed by atoms with van der Waals surface area (Å²) in [5.74, 6) is 5.91. The van der Waals surface area contributed by atoms with E-state index in [2.05, 4.69) is 12.1 Å². The molecule has 19 heavy (non-hydrogen) atoms. The van der Waals surface area contributed by atoms with Gasteiger partial charge in [0.05, 0.1) is 6.61 Å². The van der Waals surface area contributed by atoms with Gasteiger partial charge in [-0.25, -0.2) is 5.84 Å². The van der Waals surface area contributed by atoms with Gasteiger partial charge in [0.25, 0.3) is 5.91 Å². The lowest BCUT2D eigenvalue weighted by molar-refractivity contribution is -0.123. The number of hydrazine groups is 1. The Labute approximate surface area is 113 Å². The quantitative estimate of drug-likeness (QED) is 0.486. The van der Waals surface area contributed by atoms with Gasteiger partial charge in [0.2, 0.25) is 0 Å². The summed E-state index contributed by atoms with van der Waals surface area (Å²) in [6.07, 6.45) is 1.06. The molecule has 1 aliphatic rings. The van der Waals surface area contributed by atoms with Crippen molar-refractivity contribution in [2.45, 2.75) is 26.2 Å². The van der Waals surface area contributed by atoms with Crippen molar-refractivity contribution in [3.8, 4) is 5.75 Å². The molecule has 2 rings (SSSR count). The van der Waals surface area contributed by atoms with Crippen LogP contribution in [0.25, 0.3) is 0 Å². The third-order valence-corrected chi connectivity index (χ3v) is 3.39. The topological polar surface area (TPSA) is 73.6 Å². The van der Waals surface area contributed by atoms with Crippen LogP contribution in [0.4, 0.5) is 0 Å². The second kappa shape index (κ2) is 6.04. The van der Waals surface area contributed by atoms with E-state index in [-0.39, 0.29) is 12.5 Å². The van der Waals surface area contributed by atoms with E-state index in [4.69, 9.17) is 15.3 Å². The molecular weight excluding hydrogens is 244 g/mol. The Bertz CT molecular complexity index is 445. The number of carbonyl (C=O) groups is 1. The Hall–Kier alpha value is -1.59. The second-order valence-corrected chi connectivity index (χ2v) is 4.90. The van der Waals surface area contributed by atoms with Gasteiger partial charge in [0, 0.05) is 12.5 Å². The fraction of sp³-hybridized carbons (Fsp3) is 0.500. The number of amides is 1. The molecule has 5 heteroatoms. The molecule has 1 atom stereocenters. The molecule has 104 valence electrons. The standard InChI is InChI=1S/C14H20N2O3/c1-9-5-12(11-3-4-18-7-11)6-10(2)14(9)19-8-13(17)16-15/h5-6,11H,3-4,7-8,15H2,1-2H3,(H,16,17). The molecule has 0 spiro atoms. The van der Waals surface area contributed by atoms with Gasteiger partial charge in [-0.2, -0.15) is 0 Å². The van der Waals surface area contributed by atoms with Crippen molar-refractivity contribution in [3.05, 3.63) is 28.8 Å². The number of ether oxygens (including phenoxy) is 2. The van der Waals surface area contributed by atoms with Crippen LogP contribution in [0.2, 0.25) is 0 Å². The lowest BCUT2D eigenvalue weighted by atomic mass is 9.94. The van der Waals surface area contributed by atoms with E-state index in [1.807, 2.05) is 19.3 Å². The number of hydrogen-bond donors (Lipinski definition) is 2. The number of hydrogen-bond acceptors (Lipinski definition) is 4. The van der Waals surface area contributed by atoms with E-state index in [1.165, 1.54) is 5.56 Å². The predicted octanol–water partition coefficient (Wildman–Crippen LogP) is 1.18. The van der Waals surface area contributed by atoms with Crippen LogP contribution in [0, 0.1) is 13.8 Å². The van der Waals surface area contributed by atoms with Crippen LogP contribution in [-0.4, -0.2) is 25.7 Å². The van der Waals surface area contributed by atoms with E-state index in [1.54, 1.807) is 0 Å². The molecule has 5 nitrogen and oxygen atoms in total. The molecule has 1 aromatic carbocycles. The van der Waals surface area contributed by atoms with Gasteiger partial charge >= 0.3 is 0 Å². The van der Waals surface area contributed by atoms with E-state index < -0.39 is 0 Å². The molecule has 1 heterocycles. The van der Waals surface area contributed by atoms with Crippen LogP contribution < -0.4 is 16.0 Å². The molecule has 1 aromatic rings. The van der Waals surface area contributed by atoms with Crippen LogP contribution >= 0.6 is 0 Å². The van der Waals surface area contributed by atoms with Crippen molar-refractivity contribution in [1.29, 1.82) is 0 Å². The van der Waals surface area contributed by atoms with Crippen LogP contribution in [0.5, 0.6) is 5.75 Å². The molecule has 0 aliphatic carbocycles. The Morgan fingerprint density at radius 1 is 1.47 bits per heavy atom. The highest BCUT2D eigenvalue weighted by Crippen LogP contribution is 2.31. The average Bonchev–Trinajstić information content (AvgIpc) is 2.91. The molecule has 1 unspecified atom stereocenters. The van der Waals surface area contributed by atoms with Gasteiger partial charge in [-0.05, 0) is 37.0 Å². The number of nitrogens with two attached hydrogens (primary N) is 1. The minimum absolute atomic E-state index is 0.0654. The van der Waals surface area contributed by atoms with Gasteiger partial charge in [0.15, 0.2) is 6.61 Å². The Morgan fingerprint density at radius 3 is 2.68 bits per heavy atom. The molecule has 1 amide bonds. The second-order valence-electron chi connectivity index (χ2n) is 4.90. The monoisotopic (exact) mass is 264 g/mol. The maximum absolute atomic E-state index is 11.1. The number of aryl methyl sites for hydroxylation is 2. The highest BCUT2D eigenvalue weighted by Gasteiger charge is 2.19. The number of nitrogens with one attached hydrogen (secondary N) is 1. The molecule has 0 aromatic heterocycles. The zero-order chi connectivity index (χ0) is 13.8. The first-order valence-electron chi connectivity index (χ1n) is 6.43. The SMILES string of the molecule is Cc1cc(C2CCOC2)cc(C)c1OCC(=O)NN. The summed E-state index contributed by atoms with van der Waals surface area (Å²) in [5, 5.41) is 0. The Balaban J connectivity index is 2.14. The average molecular weight is 264 g/mol. The van der Waals surface area contributed by atoms with Crippen LogP contribution in [0.3, 0.4) is 0 Å². The van der Waals surface area contributed by atoms with Crippen LogP contribution in [0.15, 0.2) is 12.1 Å². The van der Waals surface area contributed by atoms with Crippen molar-refractivity contribution in [3.63, 3.8) is 0 Å². The molecule has 1 saturated heterocycles. The van der Waals surface area contributed by atoms with Crippen LogP contribution in [0.1, 0.15) is 29.0 Å². The van der Waals surface area contributed by atoms with Crippen molar-refractivity contribution in [2.24, 2.45) is 5.84 Å². The van der Waals surface area contributed by atoms with Crippen molar-refractivity contribution < 1.29 is 14.3 Å². The number of rotatable bonds is 4. The van der Waals surface area contributed by atoms with E-state index >= 15 is 0 Å². The summed E-state index contributed by atoms with van der Waals surface area (Å²) in [4.78, 5) is 11.1. The number of carbonyl (C=O) groups excluding carboxylic acids is 1. The zero-order valence-corrected chi connectivity index (χ0v) is 11.4. The molecular formula is C14H20N2O3. The summed E-state index contributed by atoms with van der Waals surface area (Å²) in [5.41, 5.74) is 5.40. The van der Waals surface area contributed by atoms with Gasteiger partial charge in [-0.15, -0.1) is 0 Å². The van der Waals surface area contributed by atoms with E-state index in [0.29, 0.717) is 5.92 Å². The first-order valence-corrected chi connectivity index (χ1v) is 6.43. The third kappa shape index (κ3) is 3.24. The van der Waals surface area contributed by atoms with E-state index in [0.717, 1.165) is 36.5 Å². The summed E-state index contributed by atoms with van der Waals surface area (Å²) in [6.45, 7) is 5.53. The molecule has 0 bridgehead atoms. The fourth-order valence-electron chi connectivity index (χ4n) is 2.42. The van der Waals surface area contributed by atoms with Crippen LogP contribution in [-0.2, 0) is 9.53 Å². The highest BCUT2D eigenvalue weighted by molar-refractivity contribution is 5.76. The minimum Gasteiger partial charge on any atom is -0.483 e. The lowest BCUT2D eigenvalue weighted by Gasteiger charge is -2.16. The van der Waals surface area contributed by atoms with Gasteiger partial charge in [0.1, 0.15) is 5.75 Å². The lowest BCUT2D eigenvalue weighted by Crippen LogP contribution is -2.34. The van der Waals surface area contributed by atoms with Gasteiger partial charge < -0.3 is 9.47 Å². The molecule has 0 saturated carbocycles. The third-order valence-electron chi connectivity index (χ3n) is 3.39. The molecule has 1 aliphatic heterocycles. The minimum atomic E-state index is -0.341. The summed E-state index contributed by atoms with van der Waals surface area (Å²) in [6, 6.07) is 4.23. The van der Waals surface area contributed by atoms with E-state index in [9.17, 15) is 4.79 Å². The largest absolute Gasteiger partial charge is 0.483 e. The molecule has 1 fully saturated rings. The number of benzene rings is 1. The maximum Gasteiger partial charge on any atom is 0.271 e. The predicted molar refractivity (Wildman–Crippen MR) is 71.9 cm³/mol. The smallest absolute Gasteiger partial charge is 0.271 e. The van der Waals surface area contributed by atoms with Crippen molar-refractivity contribution in [1.82, 2.24) is 5.43 Å². The Kier molecular flexibility index (Phi) is 4.39. The zero-order valence-electron chi connectivity index (χ0n) is 11.4. The van der Waals surface area contributed by atoms with Crippen molar-refractivity contribution in [2.75, 3.05) is 19.8 Å². The first-order chi connectivity index (χ1) is 9.11. The van der Waals surface area contributed by atoms with Gasteiger partial charge in [-0.3, -0.25) is 10.2 Å². The molecule has 3 N–H and O–H groups in total. The molecule has 0 radical (unpaired) electrons. The first kappa shape index (κ1) is 13.8. The summed E-state index contributed by atoms with van der Waals surface area (Å²) in [7, 11) is 0.